The van der Waals surface area contributed by atoms with Crippen LogP contribution in [-0.4, -0.2) is 9.91 Å². The van der Waals surface area contributed by atoms with Crippen molar-refractivity contribution in [3.8, 4) is 11.5 Å². The Labute approximate surface area is 113 Å². The van der Waals surface area contributed by atoms with Gasteiger partial charge in [-0.3, -0.25) is 20.9 Å². The van der Waals surface area contributed by atoms with Crippen molar-refractivity contribution in [3.05, 3.63) is 51.8 Å². The summed E-state index contributed by atoms with van der Waals surface area (Å²) in [6.07, 6.45) is 2.90. The number of nitrogens with two attached hydrogens (primary N) is 1. The van der Waals surface area contributed by atoms with Gasteiger partial charge < -0.3 is 10.2 Å². The number of nitrogens with zero attached hydrogens (tertiary/aromatic N) is 2. The molecule has 0 aliphatic carbocycles. The van der Waals surface area contributed by atoms with Gasteiger partial charge in [-0.15, -0.1) is 0 Å². The molecule has 98 valence electrons. The molecule has 7 nitrogen and oxygen atoms in total. The fraction of sp³-hybridized carbons (Fsp3) is 0. The number of ether oxygens (including phenoxy) is 1. The van der Waals surface area contributed by atoms with Crippen molar-refractivity contribution in [2.24, 2.45) is 5.84 Å². The first-order valence-electron chi connectivity index (χ1n) is 5.13. The van der Waals surface area contributed by atoms with Gasteiger partial charge in [-0.05, 0) is 0 Å². The van der Waals surface area contributed by atoms with E-state index in [1.165, 1.54) is 30.6 Å². The van der Waals surface area contributed by atoms with Crippen molar-refractivity contribution >= 4 is 23.0 Å². The van der Waals surface area contributed by atoms with Crippen LogP contribution in [0.3, 0.4) is 0 Å². The van der Waals surface area contributed by atoms with Gasteiger partial charge in [-0.25, -0.2) is 0 Å². The Morgan fingerprint density at radius 2 is 2.05 bits per heavy atom. The zero-order chi connectivity index (χ0) is 13.8. The van der Waals surface area contributed by atoms with E-state index < -0.39 is 4.92 Å². The maximum absolute atomic E-state index is 10.8. The predicted octanol–water partition coefficient (Wildman–Crippen LogP) is 2.72. The number of hydrazine groups is 1. The molecule has 19 heavy (non-hydrogen) atoms. The lowest BCUT2D eigenvalue weighted by molar-refractivity contribution is -0.384. The molecule has 0 saturated carbocycles. The number of nitro benzene ring substituents is 1. The van der Waals surface area contributed by atoms with Crippen LogP contribution in [0.1, 0.15) is 0 Å². The molecule has 8 heteroatoms. The summed E-state index contributed by atoms with van der Waals surface area (Å²) < 4.78 is 5.45. The number of hydrogen-bond donors (Lipinski definition) is 2. The van der Waals surface area contributed by atoms with E-state index in [0.29, 0.717) is 16.5 Å². The average molecular weight is 281 g/mol. The predicted molar refractivity (Wildman–Crippen MR) is 70.2 cm³/mol. The first-order valence-corrected chi connectivity index (χ1v) is 5.51. The Kier molecular flexibility index (Phi) is 3.79. The van der Waals surface area contributed by atoms with E-state index in [9.17, 15) is 10.1 Å². The van der Waals surface area contributed by atoms with E-state index in [2.05, 4.69) is 10.4 Å². The van der Waals surface area contributed by atoms with Gasteiger partial charge in [-0.1, -0.05) is 11.6 Å². The smallest absolute Gasteiger partial charge is 0.275 e. The highest BCUT2D eigenvalue weighted by atomic mass is 35.5. The van der Waals surface area contributed by atoms with E-state index in [4.69, 9.17) is 22.2 Å². The van der Waals surface area contributed by atoms with Crippen molar-refractivity contribution in [1.29, 1.82) is 0 Å². The molecule has 0 bridgehead atoms. The van der Waals surface area contributed by atoms with Gasteiger partial charge in [0, 0.05) is 24.4 Å². The van der Waals surface area contributed by atoms with Crippen molar-refractivity contribution in [1.82, 2.24) is 4.98 Å². The lowest BCUT2D eigenvalue weighted by Crippen LogP contribution is -2.07. The third-order valence-corrected chi connectivity index (χ3v) is 2.39. The number of nitrogens with one attached hydrogen (secondary N) is 1. The number of hydrogen-bond acceptors (Lipinski definition) is 6. The third-order valence-electron chi connectivity index (χ3n) is 2.18. The summed E-state index contributed by atoms with van der Waals surface area (Å²) in [6.45, 7) is 0. The molecule has 0 atom stereocenters. The molecular weight excluding hydrogens is 272 g/mol. The van der Waals surface area contributed by atoms with Gasteiger partial charge in [0.1, 0.15) is 11.5 Å². The van der Waals surface area contributed by atoms with E-state index in [-0.39, 0.29) is 11.4 Å². The molecule has 2 rings (SSSR count). The molecule has 0 fully saturated rings. The van der Waals surface area contributed by atoms with Gasteiger partial charge in [0.25, 0.3) is 5.69 Å². The zero-order valence-corrected chi connectivity index (χ0v) is 10.3. The summed E-state index contributed by atoms with van der Waals surface area (Å²) >= 11 is 5.77. The van der Waals surface area contributed by atoms with Crippen molar-refractivity contribution in [2.45, 2.75) is 0 Å². The molecule has 2 aromatic rings. The highest BCUT2D eigenvalue weighted by Gasteiger charge is 2.11. The number of nitro groups is 1. The summed E-state index contributed by atoms with van der Waals surface area (Å²) in [5.74, 6) is 5.87. The van der Waals surface area contributed by atoms with Gasteiger partial charge >= 0.3 is 0 Å². The first kappa shape index (κ1) is 13.1. The topological polar surface area (TPSA) is 103 Å². The molecule has 0 aliphatic rings. The Morgan fingerprint density at radius 1 is 1.26 bits per heavy atom. The summed E-state index contributed by atoms with van der Waals surface area (Å²) in [5.41, 5.74) is 2.56. The maximum atomic E-state index is 10.8. The minimum atomic E-state index is -0.538. The van der Waals surface area contributed by atoms with Crippen LogP contribution in [0.2, 0.25) is 5.02 Å². The van der Waals surface area contributed by atoms with Crippen molar-refractivity contribution in [2.75, 3.05) is 5.43 Å². The molecule has 0 unspecified atom stereocenters. The SMILES string of the molecule is NNc1cc(Oc2cncc(Cl)c2)cc([N+](=O)[O-])c1. The lowest BCUT2D eigenvalue weighted by Gasteiger charge is -2.07. The maximum Gasteiger partial charge on any atom is 0.275 e. The van der Waals surface area contributed by atoms with E-state index in [1.807, 2.05) is 0 Å². The van der Waals surface area contributed by atoms with Crippen molar-refractivity contribution in [3.63, 3.8) is 0 Å². The molecule has 3 N–H and O–H groups in total. The van der Waals surface area contributed by atoms with Crippen LogP contribution in [0, 0.1) is 10.1 Å². The Hall–Kier alpha value is -2.38. The molecule has 0 aliphatic heterocycles. The monoisotopic (exact) mass is 280 g/mol. The third kappa shape index (κ3) is 3.30. The number of halogens is 1. The number of pyridine rings is 1. The van der Waals surface area contributed by atoms with Gasteiger partial charge in [0.15, 0.2) is 0 Å². The molecule has 0 radical (unpaired) electrons. The Balaban J connectivity index is 2.34. The molecule has 1 aromatic heterocycles. The Bertz CT molecular complexity index is 621. The quantitative estimate of drug-likeness (QED) is 0.507. The first-order chi connectivity index (χ1) is 9.08. The molecule has 0 spiro atoms. The highest BCUT2D eigenvalue weighted by molar-refractivity contribution is 6.30. The molecule has 1 heterocycles. The second-order valence-corrected chi connectivity index (χ2v) is 3.99. The van der Waals surface area contributed by atoms with Crippen LogP contribution in [0.15, 0.2) is 36.7 Å². The van der Waals surface area contributed by atoms with Gasteiger partial charge in [0.2, 0.25) is 0 Å². The van der Waals surface area contributed by atoms with Crippen LogP contribution in [0.25, 0.3) is 0 Å². The lowest BCUT2D eigenvalue weighted by atomic mass is 10.2. The minimum Gasteiger partial charge on any atom is -0.455 e. The molecule has 0 saturated heterocycles. The standard InChI is InChI=1S/C11H9ClN4O3/c12-7-1-11(6-14-5-7)19-10-3-8(15-13)2-9(4-10)16(17)18/h1-6,15H,13H2. The van der Waals surface area contributed by atoms with Crippen molar-refractivity contribution < 1.29 is 9.66 Å². The number of benzene rings is 1. The summed E-state index contributed by atoms with van der Waals surface area (Å²) in [4.78, 5) is 14.1. The average Bonchev–Trinajstić information content (AvgIpc) is 2.38. The van der Waals surface area contributed by atoms with E-state index in [0.717, 1.165) is 0 Å². The van der Waals surface area contributed by atoms with E-state index in [1.54, 1.807) is 6.07 Å². The number of nitrogen functional groups attached to an aromatic ring is 1. The second-order valence-electron chi connectivity index (χ2n) is 3.56. The molecule has 1 aromatic carbocycles. The van der Waals surface area contributed by atoms with E-state index >= 15 is 0 Å². The minimum absolute atomic E-state index is 0.138. The number of anilines is 1. The fourth-order valence-corrected chi connectivity index (χ4v) is 1.58. The zero-order valence-electron chi connectivity index (χ0n) is 9.54. The largest absolute Gasteiger partial charge is 0.455 e. The van der Waals surface area contributed by atoms with Crippen LogP contribution in [0.4, 0.5) is 11.4 Å². The summed E-state index contributed by atoms with van der Waals surface area (Å²) in [7, 11) is 0. The van der Waals surface area contributed by atoms with Crippen LogP contribution < -0.4 is 16.0 Å². The fourth-order valence-electron chi connectivity index (χ4n) is 1.42. The number of rotatable bonds is 4. The van der Waals surface area contributed by atoms with Crippen LogP contribution in [-0.2, 0) is 0 Å². The van der Waals surface area contributed by atoms with Crippen LogP contribution >= 0.6 is 11.6 Å². The number of non-ortho nitro benzene ring substituents is 1. The van der Waals surface area contributed by atoms with Gasteiger partial charge in [-0.2, -0.15) is 0 Å². The summed E-state index contributed by atoms with van der Waals surface area (Å²) in [5, 5.41) is 11.2. The molecular formula is C11H9ClN4O3. The Morgan fingerprint density at radius 3 is 2.68 bits per heavy atom. The molecule has 0 amide bonds. The highest BCUT2D eigenvalue weighted by Crippen LogP contribution is 2.29. The summed E-state index contributed by atoms with van der Waals surface area (Å²) in [6, 6.07) is 5.64. The van der Waals surface area contributed by atoms with Gasteiger partial charge in [0.05, 0.1) is 27.9 Å². The second kappa shape index (κ2) is 5.51. The normalized spacial score (nSPS) is 10.0. The number of aromatic nitrogens is 1. The van der Waals surface area contributed by atoms with Crippen LogP contribution in [0.5, 0.6) is 11.5 Å².